The Morgan fingerprint density at radius 1 is 0.804 bits per heavy atom. The molecule has 0 amide bonds. The van der Waals surface area contributed by atoms with E-state index in [1.807, 2.05) is 36.3 Å². The molecule has 250 valence electrons. The summed E-state index contributed by atoms with van der Waals surface area (Å²) in [4.78, 5) is 5.41. The van der Waals surface area contributed by atoms with Crippen molar-refractivity contribution in [3.8, 4) is 11.5 Å². The minimum Gasteiger partial charge on any atom is -0.485 e. The van der Waals surface area contributed by atoms with E-state index in [1.165, 1.54) is 41.7 Å². The number of halogens is 3. The van der Waals surface area contributed by atoms with Gasteiger partial charge < -0.3 is 9.47 Å². The normalized spacial score (nSPS) is 13.5. The summed E-state index contributed by atoms with van der Waals surface area (Å²) in [7, 11) is 0. The highest BCUT2D eigenvalue weighted by Gasteiger charge is 2.28. The van der Waals surface area contributed by atoms with Crippen molar-refractivity contribution in [2.24, 2.45) is 0 Å². The summed E-state index contributed by atoms with van der Waals surface area (Å²) >= 11 is 1.88. The van der Waals surface area contributed by atoms with Gasteiger partial charge in [0, 0.05) is 47.7 Å². The number of hydrazine groups is 1. The minimum absolute atomic E-state index is 0. The van der Waals surface area contributed by atoms with E-state index in [1.54, 1.807) is 0 Å². The Bertz CT molecular complexity index is 1370. The summed E-state index contributed by atoms with van der Waals surface area (Å²) in [6, 6.07) is 29.8. The quantitative estimate of drug-likeness (QED) is 0.0671. The highest BCUT2D eigenvalue weighted by molar-refractivity contribution is 7.99. The third kappa shape index (κ3) is 12.3. The monoisotopic (exact) mass is 703 g/mol. The molecule has 1 aromatic heterocycles. The summed E-state index contributed by atoms with van der Waals surface area (Å²) in [5.74, 6) is 2.77. The van der Waals surface area contributed by atoms with E-state index in [9.17, 15) is 0 Å². The second-order valence-electron chi connectivity index (χ2n) is 11.2. The van der Waals surface area contributed by atoms with Gasteiger partial charge in [-0.15, -0.1) is 49.0 Å². The van der Waals surface area contributed by atoms with Crippen LogP contribution in [0.3, 0.4) is 0 Å². The number of ether oxygens (including phenoxy) is 2. The van der Waals surface area contributed by atoms with Gasteiger partial charge in [0.2, 0.25) is 0 Å². The molecule has 0 radical (unpaired) electrons. The molecule has 5 rings (SSSR count). The third-order valence-electron chi connectivity index (χ3n) is 8.00. The fraction of sp³-hybridized carbons (Fsp3) is 0.378. The molecule has 46 heavy (non-hydrogen) atoms. The molecule has 0 bridgehead atoms. The molecule has 0 spiro atoms. The molecule has 1 N–H and O–H groups in total. The lowest BCUT2D eigenvalue weighted by Crippen LogP contribution is -2.49. The van der Waals surface area contributed by atoms with Crippen molar-refractivity contribution in [3.63, 3.8) is 0 Å². The number of nitrogens with one attached hydrogen (secondary N) is 1. The van der Waals surface area contributed by atoms with Crippen molar-refractivity contribution < 1.29 is 9.47 Å². The maximum Gasteiger partial charge on any atom is 0.165 e. The number of aromatic nitrogens is 1. The lowest BCUT2D eigenvalue weighted by atomic mass is 9.87. The average molecular weight is 705 g/mol. The van der Waals surface area contributed by atoms with Gasteiger partial charge in [-0.3, -0.25) is 10.4 Å². The van der Waals surface area contributed by atoms with Gasteiger partial charge in [-0.1, -0.05) is 92.9 Å². The predicted octanol–water partition coefficient (Wildman–Crippen LogP) is 9.54. The number of fused-ring (bicyclic) bond motifs is 1. The lowest BCUT2D eigenvalue weighted by molar-refractivity contribution is 0.112. The van der Waals surface area contributed by atoms with Gasteiger partial charge in [0.25, 0.3) is 0 Å². The minimum atomic E-state index is 0. The second-order valence-corrected chi connectivity index (χ2v) is 12.3. The third-order valence-corrected chi connectivity index (χ3v) is 9.01. The van der Waals surface area contributed by atoms with Crippen LogP contribution in [0.5, 0.6) is 11.5 Å². The lowest BCUT2D eigenvalue weighted by Gasteiger charge is -2.36. The first-order valence-corrected chi connectivity index (χ1v) is 16.8. The molecule has 0 saturated carbocycles. The van der Waals surface area contributed by atoms with E-state index in [0.717, 1.165) is 60.7 Å². The van der Waals surface area contributed by atoms with E-state index in [0.29, 0.717) is 19.3 Å². The maximum absolute atomic E-state index is 6.56. The van der Waals surface area contributed by atoms with Gasteiger partial charge in [0.05, 0.1) is 0 Å². The van der Waals surface area contributed by atoms with Crippen LogP contribution in [-0.4, -0.2) is 34.9 Å². The molecular formula is C37H48Cl3N3O2S. The molecular weight excluding hydrogens is 657 g/mol. The molecule has 1 atom stereocenters. The van der Waals surface area contributed by atoms with Crippen LogP contribution in [0.15, 0.2) is 102 Å². The first kappa shape index (κ1) is 39.7. The Morgan fingerprint density at radius 3 is 2.15 bits per heavy atom. The molecule has 1 unspecified atom stereocenters. The average Bonchev–Trinajstić information content (AvgIpc) is 3.07. The highest BCUT2D eigenvalue weighted by atomic mass is 35.5. The van der Waals surface area contributed by atoms with Gasteiger partial charge in [0.1, 0.15) is 13.2 Å². The van der Waals surface area contributed by atoms with Gasteiger partial charge in [-0.05, 0) is 60.6 Å². The molecule has 0 fully saturated rings. The van der Waals surface area contributed by atoms with Crippen molar-refractivity contribution in [2.45, 2.75) is 76.0 Å². The molecule has 5 nitrogen and oxygen atoms in total. The summed E-state index contributed by atoms with van der Waals surface area (Å²) in [6.45, 7) is 5.36. The first-order valence-electron chi connectivity index (χ1n) is 15.8. The van der Waals surface area contributed by atoms with E-state index >= 15 is 0 Å². The topological polar surface area (TPSA) is 46.6 Å². The van der Waals surface area contributed by atoms with Crippen molar-refractivity contribution in [3.05, 3.63) is 120 Å². The van der Waals surface area contributed by atoms with Gasteiger partial charge in [-0.2, -0.15) is 0 Å². The number of benzene rings is 3. The zero-order chi connectivity index (χ0) is 29.5. The number of hydrogen-bond donors (Lipinski definition) is 1. The Balaban J connectivity index is 0.00000245. The maximum atomic E-state index is 6.56. The summed E-state index contributed by atoms with van der Waals surface area (Å²) in [5.41, 5.74) is 8.81. The van der Waals surface area contributed by atoms with Crippen LogP contribution >= 0.6 is 49.0 Å². The number of nitrogens with zero attached hydrogens (tertiary/aromatic N) is 2. The Morgan fingerprint density at radius 2 is 1.48 bits per heavy atom. The van der Waals surface area contributed by atoms with Crippen LogP contribution < -0.4 is 14.9 Å². The van der Waals surface area contributed by atoms with Crippen molar-refractivity contribution in [2.75, 3.05) is 18.8 Å². The predicted molar refractivity (Wildman–Crippen MR) is 199 cm³/mol. The Hall–Kier alpha value is -2.45. The van der Waals surface area contributed by atoms with Crippen LogP contribution in [0.1, 0.15) is 61.3 Å². The zero-order valence-electron chi connectivity index (χ0n) is 26.6. The van der Waals surface area contributed by atoms with Crippen LogP contribution in [-0.2, 0) is 26.1 Å². The number of unbranched alkanes of at least 4 members (excludes halogenated alkanes) is 3. The molecule has 9 heteroatoms. The van der Waals surface area contributed by atoms with Gasteiger partial charge in [0.15, 0.2) is 11.5 Å². The molecule has 1 heterocycles. The van der Waals surface area contributed by atoms with Gasteiger partial charge >= 0.3 is 0 Å². The fourth-order valence-electron chi connectivity index (χ4n) is 5.67. The number of pyridine rings is 1. The largest absolute Gasteiger partial charge is 0.485 e. The molecule has 4 aromatic rings. The van der Waals surface area contributed by atoms with Gasteiger partial charge in [-0.25, -0.2) is 5.01 Å². The highest BCUT2D eigenvalue weighted by Crippen LogP contribution is 2.39. The van der Waals surface area contributed by atoms with Crippen molar-refractivity contribution in [1.82, 2.24) is 15.4 Å². The molecule has 3 aromatic carbocycles. The van der Waals surface area contributed by atoms with Crippen molar-refractivity contribution >= 4 is 49.0 Å². The van der Waals surface area contributed by atoms with Crippen LogP contribution in [0.4, 0.5) is 0 Å². The summed E-state index contributed by atoms with van der Waals surface area (Å²) < 4.78 is 12.9. The standard InChI is InChI=1S/C37H45N3O2S.3ClH/c1-2-3-4-11-25-40(39-24-26-43-34-20-22-38-23-21-34)33-17-18-35-32(27-33)16-19-36(41-28-30-12-7-5-8-13-30)37(35)42-29-31-14-9-6-10-15-31;;;/h5-10,12-16,19-23,33,39H,2-4,11,17-18,24-29H2,1H3;3*1H. The summed E-state index contributed by atoms with van der Waals surface area (Å²) in [6.07, 6.45) is 11.9. The Kier molecular flexibility index (Phi) is 19.2. The first-order chi connectivity index (χ1) is 21.3. The molecule has 0 saturated heterocycles. The smallest absolute Gasteiger partial charge is 0.165 e. The molecule has 0 aliphatic heterocycles. The fourth-order valence-corrected chi connectivity index (χ4v) is 6.42. The van der Waals surface area contributed by atoms with Crippen LogP contribution in [0, 0.1) is 0 Å². The second kappa shape index (κ2) is 22.2. The van der Waals surface area contributed by atoms with E-state index in [-0.39, 0.29) is 37.2 Å². The molecule has 1 aliphatic carbocycles. The number of thioether (sulfide) groups is 1. The van der Waals surface area contributed by atoms with Crippen LogP contribution in [0.25, 0.3) is 0 Å². The van der Waals surface area contributed by atoms with Crippen molar-refractivity contribution in [1.29, 1.82) is 0 Å². The zero-order valence-corrected chi connectivity index (χ0v) is 29.9. The summed E-state index contributed by atoms with van der Waals surface area (Å²) in [5, 5.41) is 2.54. The number of rotatable bonds is 17. The van der Waals surface area contributed by atoms with E-state index in [2.05, 4.69) is 95.1 Å². The van der Waals surface area contributed by atoms with Crippen LogP contribution in [0.2, 0.25) is 0 Å². The van der Waals surface area contributed by atoms with E-state index < -0.39 is 0 Å². The molecule has 1 aliphatic rings. The SMILES string of the molecule is CCCCCCN(NCCSc1ccncc1)C1CCc2c(ccc(OCc3ccccc3)c2OCc2ccccc2)C1.Cl.Cl.Cl. The van der Waals surface area contributed by atoms with E-state index in [4.69, 9.17) is 9.47 Å². The number of hydrogen-bond acceptors (Lipinski definition) is 6. The Labute approximate surface area is 298 Å².